The Morgan fingerprint density at radius 2 is 1.95 bits per heavy atom. The van der Waals surface area contributed by atoms with Crippen molar-refractivity contribution in [2.24, 2.45) is 0 Å². The molecule has 0 aliphatic carbocycles. The number of allylic oxidation sites excluding steroid dienone is 5. The third kappa shape index (κ3) is 3.99. The Bertz CT molecular complexity index is 705. The molecule has 1 heterocycles. The molecule has 0 unspecified atom stereocenters. The van der Waals surface area contributed by atoms with Crippen molar-refractivity contribution in [3.63, 3.8) is 0 Å². The van der Waals surface area contributed by atoms with E-state index < -0.39 is 0 Å². The van der Waals surface area contributed by atoms with Gasteiger partial charge in [0.2, 0.25) is 17.8 Å². The van der Waals surface area contributed by atoms with Gasteiger partial charge >= 0.3 is 0 Å². The summed E-state index contributed by atoms with van der Waals surface area (Å²) in [5, 5.41) is 1.12. The van der Waals surface area contributed by atoms with Gasteiger partial charge in [-0.3, -0.25) is 4.79 Å². The fourth-order valence-corrected chi connectivity index (χ4v) is 2.09. The maximum absolute atomic E-state index is 12.2. The molecule has 106 valence electrons. The average molecular weight is 278 g/mol. The van der Waals surface area contributed by atoms with Crippen LogP contribution in [0.1, 0.15) is 13.3 Å². The van der Waals surface area contributed by atoms with Crippen molar-refractivity contribution in [3.05, 3.63) is 79.1 Å². The molecule has 0 N–H and O–H groups in total. The first-order chi connectivity index (χ1) is 10.2. The molecule has 1 aromatic carbocycles. The molecule has 2 aromatic rings. The van der Waals surface area contributed by atoms with Gasteiger partial charge in [-0.2, -0.15) is 4.57 Å². The van der Waals surface area contributed by atoms with Gasteiger partial charge < -0.3 is 0 Å². The molecule has 0 aliphatic heterocycles. The monoisotopic (exact) mass is 278 g/mol. The Morgan fingerprint density at radius 3 is 2.76 bits per heavy atom. The van der Waals surface area contributed by atoms with Crippen LogP contribution in [0.2, 0.25) is 0 Å². The normalized spacial score (nSPS) is 11.5. The zero-order chi connectivity index (χ0) is 15.1. The van der Waals surface area contributed by atoms with Crippen LogP contribution in [-0.2, 0) is 11.3 Å². The summed E-state index contributed by atoms with van der Waals surface area (Å²) in [6, 6.07) is 12.0. The summed E-state index contributed by atoms with van der Waals surface area (Å²) in [7, 11) is 0. The minimum atomic E-state index is 0.0255. The molecule has 0 bridgehead atoms. The van der Waals surface area contributed by atoms with Gasteiger partial charge in [0.1, 0.15) is 0 Å². The molecule has 1 aromatic heterocycles. The van der Waals surface area contributed by atoms with E-state index in [1.165, 1.54) is 0 Å². The SMILES string of the molecule is C=C(/C=C\C=C/CC)C(=O)C[n+]1cccc2ccccc21. The number of rotatable bonds is 6. The summed E-state index contributed by atoms with van der Waals surface area (Å²) < 4.78 is 1.96. The number of benzene rings is 1. The van der Waals surface area contributed by atoms with Crippen LogP contribution in [-0.4, -0.2) is 5.78 Å². The highest BCUT2D eigenvalue weighted by Gasteiger charge is 2.14. The van der Waals surface area contributed by atoms with Gasteiger partial charge in [-0.15, -0.1) is 0 Å². The lowest BCUT2D eigenvalue weighted by atomic mass is 10.1. The molecule has 0 aliphatic rings. The predicted molar refractivity (Wildman–Crippen MR) is 86.9 cm³/mol. The van der Waals surface area contributed by atoms with Crippen LogP contribution in [0.25, 0.3) is 10.9 Å². The number of fused-ring (bicyclic) bond motifs is 1. The molecule has 0 fully saturated rings. The summed E-state index contributed by atoms with van der Waals surface area (Å²) in [5.74, 6) is 0.0255. The molecular weight excluding hydrogens is 258 g/mol. The molecule has 2 nitrogen and oxygen atoms in total. The van der Waals surface area contributed by atoms with Crippen molar-refractivity contribution >= 4 is 16.7 Å². The molecular formula is C19H20NO+. The number of Topliss-reactive ketones (excluding diaryl/α,β-unsaturated/α-hetero) is 1. The van der Waals surface area contributed by atoms with Gasteiger partial charge in [0.25, 0.3) is 0 Å². The third-order valence-corrected chi connectivity index (χ3v) is 3.24. The molecule has 0 atom stereocenters. The Hall–Kier alpha value is -2.48. The van der Waals surface area contributed by atoms with Crippen molar-refractivity contribution in [1.29, 1.82) is 0 Å². The molecule has 0 saturated carbocycles. The smallest absolute Gasteiger partial charge is 0.226 e. The first-order valence-corrected chi connectivity index (χ1v) is 7.15. The summed E-state index contributed by atoms with van der Waals surface area (Å²) in [4.78, 5) is 12.2. The zero-order valence-electron chi connectivity index (χ0n) is 12.3. The van der Waals surface area contributed by atoms with Gasteiger partial charge in [0.15, 0.2) is 6.20 Å². The van der Waals surface area contributed by atoms with Crippen LogP contribution in [0.5, 0.6) is 0 Å². The van der Waals surface area contributed by atoms with Crippen molar-refractivity contribution in [2.45, 2.75) is 19.9 Å². The summed E-state index contributed by atoms with van der Waals surface area (Å²) in [5.41, 5.74) is 1.58. The molecule has 2 rings (SSSR count). The number of carbonyl (C=O) groups excluding carboxylic acids is 1. The quantitative estimate of drug-likeness (QED) is 0.447. The van der Waals surface area contributed by atoms with Crippen LogP contribution in [0.4, 0.5) is 0 Å². The average Bonchev–Trinajstić information content (AvgIpc) is 2.51. The Labute approximate surface area is 125 Å². The van der Waals surface area contributed by atoms with Crippen molar-refractivity contribution in [1.82, 2.24) is 0 Å². The second-order valence-corrected chi connectivity index (χ2v) is 4.84. The van der Waals surface area contributed by atoms with Gasteiger partial charge in [-0.05, 0) is 18.6 Å². The Morgan fingerprint density at radius 1 is 1.19 bits per heavy atom. The number of pyridine rings is 1. The maximum Gasteiger partial charge on any atom is 0.226 e. The highest BCUT2D eigenvalue weighted by molar-refractivity contribution is 5.96. The highest BCUT2D eigenvalue weighted by Crippen LogP contribution is 2.08. The topological polar surface area (TPSA) is 20.9 Å². The van der Waals surface area contributed by atoms with Crippen molar-refractivity contribution in [2.75, 3.05) is 0 Å². The van der Waals surface area contributed by atoms with E-state index in [1.54, 1.807) is 6.08 Å². The van der Waals surface area contributed by atoms with Gasteiger partial charge in [0, 0.05) is 23.1 Å². The fourth-order valence-electron chi connectivity index (χ4n) is 2.09. The lowest BCUT2D eigenvalue weighted by Crippen LogP contribution is -2.38. The second-order valence-electron chi connectivity index (χ2n) is 4.84. The van der Waals surface area contributed by atoms with Crippen LogP contribution in [0.3, 0.4) is 0 Å². The van der Waals surface area contributed by atoms with E-state index >= 15 is 0 Å². The van der Waals surface area contributed by atoms with Gasteiger partial charge in [0.05, 0.1) is 0 Å². The number of para-hydroxylation sites is 1. The number of carbonyl (C=O) groups is 1. The molecule has 21 heavy (non-hydrogen) atoms. The van der Waals surface area contributed by atoms with Crippen molar-refractivity contribution in [3.8, 4) is 0 Å². The Balaban J connectivity index is 2.13. The maximum atomic E-state index is 12.2. The van der Waals surface area contributed by atoms with E-state index in [2.05, 4.69) is 13.5 Å². The summed E-state index contributed by atoms with van der Waals surface area (Å²) in [6.45, 7) is 6.22. The molecule has 0 amide bonds. The van der Waals surface area contributed by atoms with E-state index in [1.807, 2.05) is 65.4 Å². The van der Waals surface area contributed by atoms with E-state index in [-0.39, 0.29) is 5.78 Å². The Kier molecular flexibility index (Phi) is 5.22. The first-order valence-electron chi connectivity index (χ1n) is 7.15. The number of ketones is 1. The van der Waals surface area contributed by atoms with Crippen LogP contribution in [0, 0.1) is 0 Å². The molecule has 2 heteroatoms. The largest absolute Gasteiger partial charge is 0.287 e. The van der Waals surface area contributed by atoms with Crippen LogP contribution < -0.4 is 4.57 Å². The van der Waals surface area contributed by atoms with E-state index in [4.69, 9.17) is 0 Å². The summed E-state index contributed by atoms with van der Waals surface area (Å²) >= 11 is 0. The molecule has 0 radical (unpaired) electrons. The van der Waals surface area contributed by atoms with E-state index in [0.29, 0.717) is 12.1 Å². The lowest BCUT2D eigenvalue weighted by molar-refractivity contribution is -0.657. The number of hydrogen-bond acceptors (Lipinski definition) is 1. The zero-order valence-corrected chi connectivity index (χ0v) is 12.3. The third-order valence-electron chi connectivity index (χ3n) is 3.24. The van der Waals surface area contributed by atoms with E-state index in [0.717, 1.165) is 17.3 Å². The minimum absolute atomic E-state index is 0.0255. The van der Waals surface area contributed by atoms with Gasteiger partial charge in [-0.25, -0.2) is 0 Å². The predicted octanol–water partition coefficient (Wildman–Crippen LogP) is 3.78. The van der Waals surface area contributed by atoms with Gasteiger partial charge in [-0.1, -0.05) is 49.9 Å². The molecule has 0 saturated heterocycles. The number of nitrogens with zero attached hydrogens (tertiary/aromatic N) is 1. The van der Waals surface area contributed by atoms with Crippen LogP contribution in [0.15, 0.2) is 79.1 Å². The highest BCUT2D eigenvalue weighted by atomic mass is 16.1. The number of hydrogen-bond donors (Lipinski definition) is 0. The lowest BCUT2D eigenvalue weighted by Gasteiger charge is -2.01. The first kappa shape index (κ1) is 14.9. The summed E-state index contributed by atoms with van der Waals surface area (Å²) in [6.07, 6.45) is 10.5. The fraction of sp³-hybridized carbons (Fsp3) is 0.158. The van der Waals surface area contributed by atoms with E-state index in [9.17, 15) is 4.79 Å². The second kappa shape index (κ2) is 7.34. The minimum Gasteiger partial charge on any atom is -0.287 e. The number of aromatic nitrogens is 1. The van der Waals surface area contributed by atoms with Crippen molar-refractivity contribution < 1.29 is 9.36 Å². The standard InChI is InChI=1S/C19H20NO/c1-3-4-5-6-10-16(2)19(21)15-20-14-9-12-17-11-7-8-13-18(17)20/h4-14H,2-3,15H2,1H3/q+1/b5-4-,10-6-. The molecule has 0 spiro atoms. The van der Waals surface area contributed by atoms with Crippen LogP contribution >= 0.6 is 0 Å².